The van der Waals surface area contributed by atoms with Gasteiger partial charge >= 0.3 is 6.18 Å². The summed E-state index contributed by atoms with van der Waals surface area (Å²) < 4.78 is 65.2. The monoisotopic (exact) mass is 411 g/mol. The number of aromatic nitrogens is 2. The van der Waals surface area contributed by atoms with Crippen LogP contribution in [0.15, 0.2) is 28.7 Å². The summed E-state index contributed by atoms with van der Waals surface area (Å²) in [5.41, 5.74) is -1.67. The maximum absolute atomic E-state index is 12.9. The Balaban J connectivity index is 2.20. The first-order valence-electron chi connectivity index (χ1n) is 6.58. The minimum absolute atomic E-state index is 0.0565. The average Bonchev–Trinajstić information content (AvgIpc) is 2.75. The van der Waals surface area contributed by atoms with E-state index in [4.69, 9.17) is 0 Å². The van der Waals surface area contributed by atoms with Gasteiger partial charge in [0.1, 0.15) is 12.2 Å². The highest BCUT2D eigenvalue weighted by Gasteiger charge is 2.33. The zero-order valence-corrected chi connectivity index (χ0v) is 13.8. The molecule has 10 heteroatoms. The van der Waals surface area contributed by atoms with Gasteiger partial charge in [0.15, 0.2) is 0 Å². The maximum atomic E-state index is 12.9. The highest BCUT2D eigenvalue weighted by molar-refractivity contribution is 9.10. The first-order valence-corrected chi connectivity index (χ1v) is 7.37. The number of rotatable bonds is 4. The van der Waals surface area contributed by atoms with Crippen LogP contribution in [0.5, 0.6) is 0 Å². The lowest BCUT2D eigenvalue weighted by Crippen LogP contribution is -2.22. The normalized spacial score (nSPS) is 11.8. The number of nitrogens with zero attached hydrogens (tertiary/aromatic N) is 2. The van der Waals surface area contributed by atoms with Crippen molar-refractivity contribution in [3.63, 3.8) is 0 Å². The van der Waals surface area contributed by atoms with Gasteiger partial charge in [0.25, 0.3) is 6.43 Å². The Hall–Kier alpha value is -1.97. The number of hydrogen-bond donors (Lipinski definition) is 1. The minimum Gasteiger partial charge on any atom is -0.324 e. The van der Waals surface area contributed by atoms with Gasteiger partial charge in [0, 0.05) is 0 Å². The second-order valence-corrected chi connectivity index (χ2v) is 5.63. The lowest BCUT2D eigenvalue weighted by molar-refractivity contribution is -0.137. The maximum Gasteiger partial charge on any atom is 0.418 e. The second kappa shape index (κ2) is 6.88. The molecule has 0 saturated carbocycles. The van der Waals surface area contributed by atoms with Crippen molar-refractivity contribution in [1.29, 1.82) is 0 Å². The summed E-state index contributed by atoms with van der Waals surface area (Å²) in [4.78, 5) is 12.0. The molecule has 0 unspecified atom stereocenters. The highest BCUT2D eigenvalue weighted by atomic mass is 79.9. The molecule has 1 amide bonds. The van der Waals surface area contributed by atoms with Gasteiger partial charge < -0.3 is 5.32 Å². The molecular formula is C14H11BrF5N3O. The molecule has 1 N–H and O–H groups in total. The van der Waals surface area contributed by atoms with E-state index in [1.54, 1.807) is 0 Å². The Morgan fingerprint density at radius 1 is 1.33 bits per heavy atom. The first-order chi connectivity index (χ1) is 11.1. The molecule has 1 aromatic carbocycles. The van der Waals surface area contributed by atoms with Gasteiger partial charge in [0.05, 0.1) is 21.4 Å². The molecule has 4 nitrogen and oxygen atoms in total. The quantitative estimate of drug-likeness (QED) is 0.750. The minimum atomic E-state index is -4.63. The lowest BCUT2D eigenvalue weighted by Gasteiger charge is -2.13. The van der Waals surface area contributed by atoms with Gasteiger partial charge in [-0.05, 0) is 35.0 Å². The Morgan fingerprint density at radius 3 is 2.50 bits per heavy atom. The summed E-state index contributed by atoms with van der Waals surface area (Å²) in [6, 6.07) is 4.48. The topological polar surface area (TPSA) is 46.9 Å². The number of para-hydroxylation sites is 1. The number of benzene rings is 1. The molecule has 2 aromatic rings. The van der Waals surface area contributed by atoms with E-state index in [9.17, 15) is 26.7 Å². The van der Waals surface area contributed by atoms with Crippen LogP contribution in [0.2, 0.25) is 0 Å². The van der Waals surface area contributed by atoms with E-state index < -0.39 is 42.0 Å². The van der Waals surface area contributed by atoms with E-state index in [-0.39, 0.29) is 10.2 Å². The summed E-state index contributed by atoms with van der Waals surface area (Å²) in [5, 5.41) is 5.73. The summed E-state index contributed by atoms with van der Waals surface area (Å²) in [6.07, 6.45) is -7.47. The average molecular weight is 412 g/mol. The van der Waals surface area contributed by atoms with Gasteiger partial charge in [0.2, 0.25) is 5.91 Å². The molecule has 2 rings (SSSR count). The number of alkyl halides is 5. The number of amides is 1. The molecular weight excluding hydrogens is 401 g/mol. The van der Waals surface area contributed by atoms with Crippen LogP contribution in [0.1, 0.15) is 23.4 Å². The van der Waals surface area contributed by atoms with Gasteiger partial charge in [-0.3, -0.25) is 9.48 Å². The van der Waals surface area contributed by atoms with Crippen molar-refractivity contribution < 1.29 is 26.7 Å². The van der Waals surface area contributed by atoms with Crippen molar-refractivity contribution in [1.82, 2.24) is 9.78 Å². The predicted octanol–water partition coefficient (Wildman–Crippen LogP) is 4.55. The summed E-state index contributed by atoms with van der Waals surface area (Å²) in [7, 11) is 0. The van der Waals surface area contributed by atoms with Gasteiger partial charge in [-0.1, -0.05) is 12.1 Å². The molecule has 0 aliphatic heterocycles. The molecule has 0 fully saturated rings. The molecule has 0 saturated heterocycles. The Labute approximate surface area is 141 Å². The van der Waals surface area contributed by atoms with Crippen LogP contribution in [0, 0.1) is 6.92 Å². The van der Waals surface area contributed by atoms with Crippen molar-refractivity contribution in [2.45, 2.75) is 26.1 Å². The van der Waals surface area contributed by atoms with Crippen LogP contribution in [0.25, 0.3) is 0 Å². The van der Waals surface area contributed by atoms with E-state index in [1.807, 2.05) is 0 Å². The molecule has 0 radical (unpaired) electrons. The molecule has 1 aromatic heterocycles. The number of anilines is 1. The Morgan fingerprint density at radius 2 is 1.96 bits per heavy atom. The Kier molecular flexibility index (Phi) is 5.26. The van der Waals surface area contributed by atoms with Crippen molar-refractivity contribution >= 4 is 27.5 Å². The van der Waals surface area contributed by atoms with Crippen LogP contribution in [0.3, 0.4) is 0 Å². The fourth-order valence-electron chi connectivity index (χ4n) is 2.01. The number of carbonyl (C=O) groups excluding carboxylic acids is 1. The molecule has 24 heavy (non-hydrogen) atoms. The van der Waals surface area contributed by atoms with E-state index in [0.29, 0.717) is 0 Å². The van der Waals surface area contributed by atoms with Crippen molar-refractivity contribution in [3.05, 3.63) is 45.7 Å². The first kappa shape index (κ1) is 18.4. The Bertz CT molecular complexity index is 757. The van der Waals surface area contributed by atoms with Crippen LogP contribution in [-0.4, -0.2) is 15.7 Å². The number of carbonyl (C=O) groups is 1. The van der Waals surface area contributed by atoms with Crippen LogP contribution < -0.4 is 5.32 Å². The highest BCUT2D eigenvalue weighted by Crippen LogP contribution is 2.34. The third-order valence-corrected chi connectivity index (χ3v) is 4.14. The molecule has 0 aliphatic rings. The largest absolute Gasteiger partial charge is 0.418 e. The van der Waals surface area contributed by atoms with E-state index in [1.165, 1.54) is 19.1 Å². The standard InChI is InChI=1S/C14H11BrF5N3O/c1-7-11(15)12(13(16)17)22-23(7)6-10(24)21-9-5-3-2-4-8(9)14(18,19)20/h2-5,13H,6H2,1H3,(H,21,24). The molecule has 0 aliphatic carbocycles. The molecule has 0 spiro atoms. The van der Waals surface area contributed by atoms with E-state index >= 15 is 0 Å². The van der Waals surface area contributed by atoms with E-state index in [0.717, 1.165) is 16.8 Å². The summed E-state index contributed by atoms with van der Waals surface area (Å²) in [5.74, 6) is -0.814. The molecule has 0 atom stereocenters. The zero-order valence-electron chi connectivity index (χ0n) is 12.2. The smallest absolute Gasteiger partial charge is 0.324 e. The van der Waals surface area contributed by atoms with Crippen molar-refractivity contribution in [2.75, 3.05) is 5.32 Å². The van der Waals surface area contributed by atoms with Crippen LogP contribution >= 0.6 is 15.9 Å². The molecule has 1 heterocycles. The number of nitrogens with one attached hydrogen (secondary N) is 1. The van der Waals surface area contributed by atoms with Gasteiger partial charge in [-0.2, -0.15) is 18.3 Å². The molecule has 0 bridgehead atoms. The van der Waals surface area contributed by atoms with Crippen LogP contribution in [-0.2, 0) is 17.5 Å². The second-order valence-electron chi connectivity index (χ2n) is 4.83. The molecule has 130 valence electrons. The van der Waals surface area contributed by atoms with Crippen molar-refractivity contribution in [2.24, 2.45) is 0 Å². The third-order valence-electron chi connectivity index (χ3n) is 3.16. The van der Waals surface area contributed by atoms with Crippen LogP contribution in [0.4, 0.5) is 27.6 Å². The number of hydrogen-bond acceptors (Lipinski definition) is 2. The third kappa shape index (κ3) is 3.92. The summed E-state index contributed by atoms with van der Waals surface area (Å²) >= 11 is 2.95. The van der Waals surface area contributed by atoms with Gasteiger partial charge in [-0.15, -0.1) is 0 Å². The SMILES string of the molecule is Cc1c(Br)c(C(F)F)nn1CC(=O)Nc1ccccc1C(F)(F)F. The fraction of sp³-hybridized carbons (Fsp3) is 0.286. The lowest BCUT2D eigenvalue weighted by atomic mass is 10.1. The summed E-state index contributed by atoms with van der Waals surface area (Å²) in [6.45, 7) is 0.962. The predicted molar refractivity (Wildman–Crippen MR) is 79.7 cm³/mol. The fourth-order valence-corrected chi connectivity index (χ4v) is 2.46. The van der Waals surface area contributed by atoms with Gasteiger partial charge in [-0.25, -0.2) is 8.78 Å². The zero-order chi connectivity index (χ0) is 18.1. The number of halogens is 6. The van der Waals surface area contributed by atoms with Crippen molar-refractivity contribution in [3.8, 4) is 0 Å². The van der Waals surface area contributed by atoms with E-state index in [2.05, 4.69) is 26.3 Å².